The van der Waals surface area contributed by atoms with Gasteiger partial charge in [0.15, 0.2) is 0 Å². The second-order valence-corrected chi connectivity index (χ2v) is 8.26. The molecule has 0 aliphatic carbocycles. The molecule has 6 nitrogen and oxygen atoms in total. The third-order valence-electron chi connectivity index (χ3n) is 4.50. The Morgan fingerprint density at radius 3 is 2.46 bits per heavy atom. The van der Waals surface area contributed by atoms with Crippen LogP contribution < -0.4 is 0 Å². The van der Waals surface area contributed by atoms with Gasteiger partial charge in [0.05, 0.1) is 0 Å². The van der Waals surface area contributed by atoms with E-state index in [-0.39, 0.29) is 23.7 Å². The molecule has 0 fully saturated rings. The molecule has 2 aromatic rings. The number of aromatic nitrogens is 1. The highest BCUT2D eigenvalue weighted by atomic mass is 32.2. The largest absolute Gasteiger partial charge is 0.345 e. The first kappa shape index (κ1) is 21.8. The summed E-state index contributed by atoms with van der Waals surface area (Å²) in [5.74, 6) is -0.798. The lowest BCUT2D eigenvalue weighted by Gasteiger charge is -2.21. The van der Waals surface area contributed by atoms with Crippen molar-refractivity contribution in [3.8, 4) is 0 Å². The first-order valence-corrected chi connectivity index (χ1v) is 10.5. The highest BCUT2D eigenvalue weighted by molar-refractivity contribution is 7.89. The van der Waals surface area contributed by atoms with Gasteiger partial charge < -0.3 is 9.47 Å². The number of carbonyl (C=O) groups excluding carboxylic acids is 1. The van der Waals surface area contributed by atoms with E-state index in [1.807, 2.05) is 0 Å². The summed E-state index contributed by atoms with van der Waals surface area (Å²) in [5.41, 5.74) is 0.590. The summed E-state index contributed by atoms with van der Waals surface area (Å²) < 4.78 is 42.3. The monoisotopic (exact) mass is 407 g/mol. The molecule has 8 heteroatoms. The van der Waals surface area contributed by atoms with E-state index >= 15 is 0 Å². The highest BCUT2D eigenvalue weighted by Crippen LogP contribution is 2.20. The molecule has 28 heavy (non-hydrogen) atoms. The number of halogens is 1. The van der Waals surface area contributed by atoms with E-state index in [9.17, 15) is 17.6 Å². The molecule has 1 aromatic heterocycles. The molecule has 0 saturated carbocycles. The standard InChI is InChI=1S/C20H26FN3O3S/c1-5-12-23(14-16-10-8-9-11-18(16)21)20(25)19-13-17(15-22(19)4)28(26,27)24(6-2)7-3/h5,8-11,13,15H,1,6-7,12,14H2,2-4H3. The Hall–Kier alpha value is -2.45. The SMILES string of the molecule is C=CCN(Cc1ccccc1F)C(=O)c1cc(S(=O)(=O)N(CC)CC)cn1C. The van der Waals surface area contributed by atoms with Gasteiger partial charge in [-0.25, -0.2) is 12.8 Å². The van der Waals surface area contributed by atoms with Gasteiger partial charge in [-0.15, -0.1) is 6.58 Å². The molecule has 0 bridgehead atoms. The highest BCUT2D eigenvalue weighted by Gasteiger charge is 2.27. The van der Waals surface area contributed by atoms with Crippen LogP contribution in [0.15, 0.2) is 54.1 Å². The van der Waals surface area contributed by atoms with Crippen molar-refractivity contribution in [3.63, 3.8) is 0 Å². The van der Waals surface area contributed by atoms with Crippen LogP contribution in [-0.2, 0) is 23.6 Å². The smallest absolute Gasteiger partial charge is 0.271 e. The Labute approximate surface area is 165 Å². The number of hydrogen-bond donors (Lipinski definition) is 0. The number of nitrogens with zero attached hydrogens (tertiary/aromatic N) is 3. The molecular formula is C20H26FN3O3S. The number of aryl methyl sites for hydroxylation is 1. The van der Waals surface area contributed by atoms with Crippen LogP contribution >= 0.6 is 0 Å². The van der Waals surface area contributed by atoms with Crippen molar-refractivity contribution in [1.82, 2.24) is 13.8 Å². The predicted octanol–water partition coefficient (Wildman–Crippen LogP) is 3.02. The fraction of sp³-hybridized carbons (Fsp3) is 0.350. The Balaban J connectivity index is 2.37. The van der Waals surface area contributed by atoms with Crippen molar-refractivity contribution in [3.05, 3.63) is 66.3 Å². The van der Waals surface area contributed by atoms with E-state index in [0.717, 1.165) is 0 Å². The molecule has 0 aliphatic rings. The van der Waals surface area contributed by atoms with Gasteiger partial charge in [-0.2, -0.15) is 4.31 Å². The molecule has 0 radical (unpaired) electrons. The molecule has 0 N–H and O–H groups in total. The van der Waals surface area contributed by atoms with E-state index in [1.54, 1.807) is 45.2 Å². The number of benzene rings is 1. The van der Waals surface area contributed by atoms with Crippen LogP contribution in [0.2, 0.25) is 0 Å². The Bertz CT molecular complexity index is 949. The van der Waals surface area contributed by atoms with Crippen LogP contribution in [-0.4, -0.2) is 47.7 Å². The van der Waals surface area contributed by atoms with Crippen LogP contribution in [0.1, 0.15) is 29.9 Å². The van der Waals surface area contributed by atoms with Gasteiger partial charge in [0, 0.05) is 45.0 Å². The van der Waals surface area contributed by atoms with Crippen molar-refractivity contribution in [2.75, 3.05) is 19.6 Å². The molecule has 1 aromatic carbocycles. The van der Waals surface area contributed by atoms with Crippen LogP contribution in [0.5, 0.6) is 0 Å². The Morgan fingerprint density at radius 2 is 1.89 bits per heavy atom. The fourth-order valence-corrected chi connectivity index (χ4v) is 4.50. The summed E-state index contributed by atoms with van der Waals surface area (Å²) >= 11 is 0. The van der Waals surface area contributed by atoms with Crippen molar-refractivity contribution in [2.45, 2.75) is 25.3 Å². The lowest BCUT2D eigenvalue weighted by molar-refractivity contribution is 0.0751. The average Bonchev–Trinajstić information content (AvgIpc) is 3.06. The second kappa shape index (κ2) is 9.16. The molecule has 1 amide bonds. The molecular weight excluding hydrogens is 381 g/mol. The molecule has 152 valence electrons. The zero-order chi connectivity index (χ0) is 20.9. The molecule has 1 heterocycles. The van der Waals surface area contributed by atoms with Crippen LogP contribution in [0, 0.1) is 5.82 Å². The number of sulfonamides is 1. The lowest BCUT2D eigenvalue weighted by Crippen LogP contribution is -2.32. The maximum atomic E-state index is 14.0. The van der Waals surface area contributed by atoms with Gasteiger partial charge in [-0.05, 0) is 12.1 Å². The van der Waals surface area contributed by atoms with Gasteiger partial charge in [-0.1, -0.05) is 38.1 Å². The summed E-state index contributed by atoms with van der Waals surface area (Å²) in [6.07, 6.45) is 2.98. The van der Waals surface area contributed by atoms with Gasteiger partial charge in [0.2, 0.25) is 10.0 Å². The number of carbonyl (C=O) groups is 1. The number of amides is 1. The van der Waals surface area contributed by atoms with Crippen molar-refractivity contribution >= 4 is 15.9 Å². The maximum absolute atomic E-state index is 14.0. The third-order valence-corrected chi connectivity index (χ3v) is 6.51. The van der Waals surface area contributed by atoms with Crippen molar-refractivity contribution in [1.29, 1.82) is 0 Å². The topological polar surface area (TPSA) is 62.6 Å². The summed E-state index contributed by atoms with van der Waals surface area (Å²) in [6.45, 7) is 8.12. The molecule has 0 spiro atoms. The molecule has 0 saturated heterocycles. The number of hydrogen-bond acceptors (Lipinski definition) is 3. The van der Waals surface area contributed by atoms with Gasteiger partial charge in [0.25, 0.3) is 5.91 Å². The van der Waals surface area contributed by atoms with Crippen LogP contribution in [0.4, 0.5) is 4.39 Å². The van der Waals surface area contributed by atoms with E-state index < -0.39 is 21.7 Å². The minimum atomic E-state index is -3.68. The molecule has 0 atom stereocenters. The minimum Gasteiger partial charge on any atom is -0.345 e. The predicted molar refractivity (Wildman–Crippen MR) is 107 cm³/mol. The van der Waals surface area contributed by atoms with E-state index in [1.165, 1.54) is 32.1 Å². The minimum absolute atomic E-state index is 0.0564. The quantitative estimate of drug-likeness (QED) is 0.601. The molecule has 2 rings (SSSR count). The average molecular weight is 408 g/mol. The molecule has 0 unspecified atom stereocenters. The zero-order valence-electron chi connectivity index (χ0n) is 16.4. The summed E-state index contributed by atoms with van der Waals surface area (Å²) in [4.78, 5) is 14.5. The van der Waals surface area contributed by atoms with E-state index in [4.69, 9.17) is 0 Å². The van der Waals surface area contributed by atoms with Gasteiger partial charge in [-0.3, -0.25) is 4.79 Å². The van der Waals surface area contributed by atoms with E-state index in [0.29, 0.717) is 18.7 Å². The Kier molecular flexibility index (Phi) is 7.15. The zero-order valence-corrected chi connectivity index (χ0v) is 17.2. The van der Waals surface area contributed by atoms with Crippen LogP contribution in [0.25, 0.3) is 0 Å². The first-order chi connectivity index (χ1) is 13.3. The summed E-state index contributed by atoms with van der Waals surface area (Å²) in [5, 5.41) is 0. The van der Waals surface area contributed by atoms with Crippen molar-refractivity contribution in [2.24, 2.45) is 7.05 Å². The first-order valence-electron chi connectivity index (χ1n) is 9.06. The van der Waals surface area contributed by atoms with E-state index in [2.05, 4.69) is 6.58 Å². The maximum Gasteiger partial charge on any atom is 0.271 e. The Morgan fingerprint density at radius 1 is 1.25 bits per heavy atom. The summed E-state index contributed by atoms with van der Waals surface area (Å²) in [6, 6.07) is 7.60. The van der Waals surface area contributed by atoms with Gasteiger partial charge in [0.1, 0.15) is 16.4 Å². The van der Waals surface area contributed by atoms with Crippen molar-refractivity contribution < 1.29 is 17.6 Å². The fourth-order valence-electron chi connectivity index (χ4n) is 2.97. The van der Waals surface area contributed by atoms with Gasteiger partial charge >= 0.3 is 0 Å². The normalized spacial score (nSPS) is 11.6. The summed E-state index contributed by atoms with van der Waals surface area (Å²) in [7, 11) is -2.06. The third kappa shape index (κ3) is 4.51. The second-order valence-electron chi connectivity index (χ2n) is 6.33. The number of rotatable bonds is 9. The van der Waals surface area contributed by atoms with Crippen LogP contribution in [0.3, 0.4) is 0 Å². The lowest BCUT2D eigenvalue weighted by atomic mass is 10.2. The molecule has 0 aliphatic heterocycles.